The molecule has 1 amide bonds. The molecule has 0 unspecified atom stereocenters. The van der Waals surface area contributed by atoms with Crippen molar-refractivity contribution in [2.75, 3.05) is 19.7 Å². The molecule has 0 saturated heterocycles. The highest BCUT2D eigenvalue weighted by Crippen LogP contribution is 2.16. The molecule has 0 saturated carbocycles. The number of carbonyl (C=O) groups excluding carboxylic acids is 1. The first-order valence-corrected chi connectivity index (χ1v) is 8.20. The van der Waals surface area contributed by atoms with Crippen LogP contribution in [-0.4, -0.2) is 41.6 Å². The molecule has 0 aliphatic rings. The molecule has 1 N–H and O–H groups in total. The lowest BCUT2D eigenvalue weighted by Crippen LogP contribution is -2.32. The second-order valence-corrected chi connectivity index (χ2v) is 5.79. The molecule has 0 aromatic heterocycles. The SMILES string of the molecule is CCN(CCC(=O)O)C(=O)CCCCOc1ccc(Br)cc1. The summed E-state index contributed by atoms with van der Waals surface area (Å²) < 4.78 is 6.59. The number of rotatable bonds is 10. The number of carbonyl (C=O) groups is 2. The molecule has 0 bridgehead atoms. The maximum Gasteiger partial charge on any atom is 0.305 e. The molecule has 1 aromatic carbocycles. The van der Waals surface area contributed by atoms with Gasteiger partial charge in [0, 0.05) is 24.0 Å². The van der Waals surface area contributed by atoms with Crippen LogP contribution in [0.2, 0.25) is 0 Å². The van der Waals surface area contributed by atoms with E-state index in [1.54, 1.807) is 4.90 Å². The monoisotopic (exact) mass is 371 g/mol. The molecule has 1 aromatic rings. The maximum atomic E-state index is 11.9. The Balaban J connectivity index is 2.18. The summed E-state index contributed by atoms with van der Waals surface area (Å²) in [7, 11) is 0. The first-order valence-electron chi connectivity index (χ1n) is 7.41. The average molecular weight is 372 g/mol. The maximum absolute atomic E-state index is 11.9. The predicted molar refractivity (Wildman–Crippen MR) is 88.0 cm³/mol. The van der Waals surface area contributed by atoms with Crippen molar-refractivity contribution < 1.29 is 19.4 Å². The van der Waals surface area contributed by atoms with E-state index in [0.717, 1.165) is 23.1 Å². The number of hydrogen-bond acceptors (Lipinski definition) is 3. The van der Waals surface area contributed by atoms with Crippen molar-refractivity contribution in [2.24, 2.45) is 0 Å². The Morgan fingerprint density at radius 3 is 2.45 bits per heavy atom. The second kappa shape index (κ2) is 10.2. The molecule has 0 radical (unpaired) electrons. The van der Waals surface area contributed by atoms with Crippen LogP contribution in [0.4, 0.5) is 0 Å². The summed E-state index contributed by atoms with van der Waals surface area (Å²) >= 11 is 3.36. The van der Waals surface area contributed by atoms with Crippen LogP contribution in [0.25, 0.3) is 0 Å². The number of carboxylic acid groups (broad SMARTS) is 1. The number of amides is 1. The van der Waals surface area contributed by atoms with Gasteiger partial charge in [-0.05, 0) is 44.0 Å². The Morgan fingerprint density at radius 2 is 1.86 bits per heavy atom. The van der Waals surface area contributed by atoms with Gasteiger partial charge in [0.05, 0.1) is 13.0 Å². The van der Waals surface area contributed by atoms with Crippen molar-refractivity contribution in [3.05, 3.63) is 28.7 Å². The summed E-state index contributed by atoms with van der Waals surface area (Å²) in [5.41, 5.74) is 0. The Labute approximate surface area is 139 Å². The highest BCUT2D eigenvalue weighted by molar-refractivity contribution is 9.10. The van der Waals surface area contributed by atoms with E-state index in [-0.39, 0.29) is 18.9 Å². The minimum Gasteiger partial charge on any atom is -0.494 e. The van der Waals surface area contributed by atoms with E-state index in [4.69, 9.17) is 9.84 Å². The predicted octanol–water partition coefficient (Wildman–Crippen LogP) is 3.32. The normalized spacial score (nSPS) is 10.3. The van der Waals surface area contributed by atoms with Gasteiger partial charge in [-0.15, -0.1) is 0 Å². The lowest BCUT2D eigenvalue weighted by atomic mass is 10.2. The lowest BCUT2D eigenvalue weighted by Gasteiger charge is -2.19. The number of carboxylic acids is 1. The van der Waals surface area contributed by atoms with E-state index in [2.05, 4.69) is 15.9 Å². The quantitative estimate of drug-likeness (QED) is 0.640. The van der Waals surface area contributed by atoms with Gasteiger partial charge in [0.25, 0.3) is 0 Å². The third-order valence-corrected chi connectivity index (χ3v) is 3.73. The number of benzene rings is 1. The summed E-state index contributed by atoms with van der Waals surface area (Å²) in [4.78, 5) is 24.1. The summed E-state index contributed by atoms with van der Waals surface area (Å²) in [6, 6.07) is 7.61. The highest BCUT2D eigenvalue weighted by Gasteiger charge is 2.12. The van der Waals surface area contributed by atoms with Crippen molar-refractivity contribution >= 4 is 27.8 Å². The largest absolute Gasteiger partial charge is 0.494 e. The molecule has 22 heavy (non-hydrogen) atoms. The Morgan fingerprint density at radius 1 is 1.18 bits per heavy atom. The molecule has 0 heterocycles. The van der Waals surface area contributed by atoms with Crippen LogP contribution in [0.1, 0.15) is 32.6 Å². The number of aliphatic carboxylic acids is 1. The van der Waals surface area contributed by atoms with Gasteiger partial charge in [-0.1, -0.05) is 15.9 Å². The van der Waals surface area contributed by atoms with E-state index < -0.39 is 5.97 Å². The molecule has 6 heteroatoms. The molecule has 0 aliphatic heterocycles. The zero-order valence-electron chi connectivity index (χ0n) is 12.8. The molecule has 0 fully saturated rings. The topological polar surface area (TPSA) is 66.8 Å². The van der Waals surface area contributed by atoms with Crippen LogP contribution in [0.3, 0.4) is 0 Å². The number of hydrogen-bond donors (Lipinski definition) is 1. The average Bonchev–Trinajstić information content (AvgIpc) is 2.49. The Hall–Kier alpha value is -1.56. The van der Waals surface area contributed by atoms with Gasteiger partial charge in [-0.2, -0.15) is 0 Å². The zero-order chi connectivity index (χ0) is 16.4. The summed E-state index contributed by atoms with van der Waals surface area (Å²) in [5.74, 6) is -0.0623. The number of ether oxygens (including phenoxy) is 1. The first-order chi connectivity index (χ1) is 10.5. The van der Waals surface area contributed by atoms with E-state index in [0.29, 0.717) is 19.6 Å². The minimum atomic E-state index is -0.880. The van der Waals surface area contributed by atoms with Gasteiger partial charge in [0.15, 0.2) is 0 Å². The smallest absolute Gasteiger partial charge is 0.305 e. The van der Waals surface area contributed by atoms with Gasteiger partial charge >= 0.3 is 5.97 Å². The van der Waals surface area contributed by atoms with Gasteiger partial charge in [0.2, 0.25) is 5.91 Å². The molecular formula is C16H22BrNO4. The van der Waals surface area contributed by atoms with Crippen LogP contribution in [-0.2, 0) is 9.59 Å². The second-order valence-electron chi connectivity index (χ2n) is 4.88. The van der Waals surface area contributed by atoms with Crippen LogP contribution in [0.5, 0.6) is 5.75 Å². The van der Waals surface area contributed by atoms with Crippen LogP contribution in [0, 0.1) is 0 Å². The minimum absolute atomic E-state index is 0.00684. The fraction of sp³-hybridized carbons (Fsp3) is 0.500. The summed E-state index contributed by atoms with van der Waals surface area (Å²) in [5, 5.41) is 8.65. The molecule has 0 aliphatic carbocycles. The van der Waals surface area contributed by atoms with Crippen molar-refractivity contribution in [3.63, 3.8) is 0 Å². The van der Waals surface area contributed by atoms with Crippen LogP contribution in [0.15, 0.2) is 28.7 Å². The summed E-state index contributed by atoms with van der Waals surface area (Å²) in [6.07, 6.45) is 1.95. The van der Waals surface area contributed by atoms with Gasteiger partial charge in [-0.25, -0.2) is 0 Å². The summed E-state index contributed by atoms with van der Waals surface area (Å²) in [6.45, 7) is 3.24. The fourth-order valence-electron chi connectivity index (χ4n) is 1.95. The van der Waals surface area contributed by atoms with Crippen molar-refractivity contribution in [1.82, 2.24) is 4.90 Å². The molecule has 122 valence electrons. The van der Waals surface area contributed by atoms with E-state index >= 15 is 0 Å². The van der Waals surface area contributed by atoms with Gasteiger partial charge in [0.1, 0.15) is 5.75 Å². The molecular weight excluding hydrogens is 350 g/mol. The number of unbranched alkanes of at least 4 members (excludes halogenated alkanes) is 1. The molecule has 0 atom stereocenters. The fourth-order valence-corrected chi connectivity index (χ4v) is 2.21. The van der Waals surface area contributed by atoms with Crippen LogP contribution >= 0.6 is 15.9 Å². The number of halogens is 1. The van der Waals surface area contributed by atoms with Crippen molar-refractivity contribution in [3.8, 4) is 5.75 Å². The highest BCUT2D eigenvalue weighted by atomic mass is 79.9. The van der Waals surface area contributed by atoms with Gasteiger partial charge < -0.3 is 14.7 Å². The Bertz CT molecular complexity index is 476. The lowest BCUT2D eigenvalue weighted by molar-refractivity contribution is -0.138. The van der Waals surface area contributed by atoms with E-state index in [1.807, 2.05) is 31.2 Å². The Kier molecular flexibility index (Phi) is 8.58. The standard InChI is InChI=1S/C16H22BrNO4/c1-2-18(11-10-16(20)21)15(19)5-3-4-12-22-14-8-6-13(17)7-9-14/h6-9H,2-5,10-12H2,1H3,(H,20,21). The first kappa shape index (κ1) is 18.5. The molecule has 5 nitrogen and oxygen atoms in total. The number of nitrogens with zero attached hydrogens (tertiary/aromatic N) is 1. The van der Waals surface area contributed by atoms with E-state index in [9.17, 15) is 9.59 Å². The third kappa shape index (κ3) is 7.45. The van der Waals surface area contributed by atoms with Crippen molar-refractivity contribution in [2.45, 2.75) is 32.6 Å². The van der Waals surface area contributed by atoms with E-state index in [1.165, 1.54) is 0 Å². The van der Waals surface area contributed by atoms with Crippen LogP contribution < -0.4 is 4.74 Å². The van der Waals surface area contributed by atoms with Crippen molar-refractivity contribution in [1.29, 1.82) is 0 Å². The molecule has 1 rings (SSSR count). The van der Waals surface area contributed by atoms with Gasteiger partial charge in [-0.3, -0.25) is 9.59 Å². The third-order valence-electron chi connectivity index (χ3n) is 3.20. The molecule has 0 spiro atoms. The zero-order valence-corrected chi connectivity index (χ0v) is 14.3.